The van der Waals surface area contributed by atoms with E-state index < -0.39 is 5.97 Å². The second kappa shape index (κ2) is 6.62. The maximum absolute atomic E-state index is 12.4. The molecular weight excluding hydrogens is 296 g/mol. The van der Waals surface area contributed by atoms with Crippen LogP contribution >= 0.6 is 23.1 Å². The highest BCUT2D eigenvalue weighted by atomic mass is 32.2. The highest BCUT2D eigenvalue weighted by molar-refractivity contribution is 7.98. The molecule has 2 rings (SSSR count). The van der Waals surface area contributed by atoms with Crippen LogP contribution in [0.25, 0.3) is 0 Å². The van der Waals surface area contributed by atoms with E-state index in [1.165, 1.54) is 29.3 Å². The van der Waals surface area contributed by atoms with Crippen molar-refractivity contribution < 1.29 is 14.3 Å². The van der Waals surface area contributed by atoms with Crippen molar-refractivity contribution in [1.29, 1.82) is 0 Å². The third-order valence-electron chi connectivity index (χ3n) is 2.44. The van der Waals surface area contributed by atoms with Gasteiger partial charge >= 0.3 is 5.97 Å². The summed E-state index contributed by atoms with van der Waals surface area (Å²) in [7, 11) is 0. The molecule has 0 aliphatic heterocycles. The number of rotatable bonds is 5. The molecule has 0 amide bonds. The van der Waals surface area contributed by atoms with Gasteiger partial charge in [0.25, 0.3) is 0 Å². The summed E-state index contributed by atoms with van der Waals surface area (Å²) in [6.07, 6.45) is 3.15. The van der Waals surface area contributed by atoms with Gasteiger partial charge in [0.2, 0.25) is 5.78 Å². The SMILES string of the molecule is CCOC(=O)c1cnc(SC)nc1C(=O)c1ccsc1. The molecule has 0 unspecified atom stereocenters. The van der Waals surface area contributed by atoms with E-state index in [2.05, 4.69) is 9.97 Å². The van der Waals surface area contributed by atoms with Crippen molar-refractivity contribution in [2.24, 2.45) is 0 Å². The molecule has 0 saturated heterocycles. The van der Waals surface area contributed by atoms with Gasteiger partial charge in [-0.05, 0) is 24.6 Å². The second-order valence-corrected chi connectivity index (χ2v) is 5.23. The van der Waals surface area contributed by atoms with Crippen molar-refractivity contribution in [3.05, 3.63) is 39.8 Å². The first-order valence-electron chi connectivity index (χ1n) is 5.82. The maximum Gasteiger partial charge on any atom is 0.342 e. The van der Waals surface area contributed by atoms with Crippen LogP contribution < -0.4 is 0 Å². The Morgan fingerprint density at radius 1 is 1.45 bits per heavy atom. The van der Waals surface area contributed by atoms with E-state index in [0.717, 1.165) is 0 Å². The molecule has 0 aromatic carbocycles. The minimum atomic E-state index is -0.585. The largest absolute Gasteiger partial charge is 0.462 e. The lowest BCUT2D eigenvalue weighted by Gasteiger charge is -2.07. The van der Waals surface area contributed by atoms with Crippen LogP contribution in [0.4, 0.5) is 0 Å². The zero-order valence-corrected chi connectivity index (χ0v) is 12.6. The number of hydrogen-bond acceptors (Lipinski definition) is 7. The fourth-order valence-electron chi connectivity index (χ4n) is 1.53. The number of carbonyl (C=O) groups excluding carboxylic acids is 2. The Morgan fingerprint density at radius 3 is 2.85 bits per heavy atom. The van der Waals surface area contributed by atoms with Crippen LogP contribution in [0, 0.1) is 0 Å². The lowest BCUT2D eigenvalue weighted by molar-refractivity contribution is 0.0522. The zero-order chi connectivity index (χ0) is 14.5. The molecule has 0 atom stereocenters. The van der Waals surface area contributed by atoms with E-state index in [1.54, 1.807) is 30.0 Å². The monoisotopic (exact) mass is 308 g/mol. The molecule has 0 radical (unpaired) electrons. The lowest BCUT2D eigenvalue weighted by Crippen LogP contribution is -2.15. The second-order valence-electron chi connectivity index (χ2n) is 3.68. The average molecular weight is 308 g/mol. The maximum atomic E-state index is 12.4. The Morgan fingerprint density at radius 2 is 2.25 bits per heavy atom. The number of thiophene rings is 1. The van der Waals surface area contributed by atoms with E-state index in [4.69, 9.17) is 4.74 Å². The minimum absolute atomic E-state index is 0.0844. The molecule has 0 saturated carbocycles. The number of aromatic nitrogens is 2. The smallest absolute Gasteiger partial charge is 0.342 e. The minimum Gasteiger partial charge on any atom is -0.462 e. The summed E-state index contributed by atoms with van der Waals surface area (Å²) in [5, 5.41) is 3.96. The predicted molar refractivity (Wildman–Crippen MR) is 77.5 cm³/mol. The van der Waals surface area contributed by atoms with Crippen LogP contribution in [0.1, 0.15) is 33.3 Å². The van der Waals surface area contributed by atoms with Crippen LogP contribution in [0.5, 0.6) is 0 Å². The standard InChI is InChI=1S/C13H12N2O3S2/c1-3-18-12(17)9-6-14-13(19-2)15-10(9)11(16)8-4-5-20-7-8/h4-7H,3H2,1-2H3. The summed E-state index contributed by atoms with van der Waals surface area (Å²) in [4.78, 5) is 32.5. The molecular formula is C13H12N2O3S2. The Balaban J connectivity index is 2.47. The predicted octanol–water partition coefficient (Wildman–Crippen LogP) is 2.67. The van der Waals surface area contributed by atoms with Crippen molar-refractivity contribution in [1.82, 2.24) is 9.97 Å². The van der Waals surface area contributed by atoms with Crippen molar-refractivity contribution in [2.45, 2.75) is 12.1 Å². The lowest BCUT2D eigenvalue weighted by atomic mass is 10.1. The number of nitrogens with zero attached hydrogens (tertiary/aromatic N) is 2. The summed E-state index contributed by atoms with van der Waals surface area (Å²) in [5.41, 5.74) is 0.688. The molecule has 0 aliphatic rings. The molecule has 104 valence electrons. The molecule has 2 aromatic heterocycles. The molecule has 0 aliphatic carbocycles. The highest BCUT2D eigenvalue weighted by Gasteiger charge is 2.22. The number of thioether (sulfide) groups is 1. The van der Waals surface area contributed by atoms with Gasteiger partial charge < -0.3 is 4.74 Å². The summed E-state index contributed by atoms with van der Waals surface area (Å²) in [6, 6.07) is 1.70. The van der Waals surface area contributed by atoms with E-state index in [0.29, 0.717) is 10.7 Å². The Kier molecular flexibility index (Phi) is 4.86. The molecule has 7 heteroatoms. The normalized spacial score (nSPS) is 10.3. The van der Waals surface area contributed by atoms with Gasteiger partial charge in [0, 0.05) is 17.1 Å². The zero-order valence-electron chi connectivity index (χ0n) is 11.0. The fraction of sp³-hybridized carbons (Fsp3) is 0.231. The van der Waals surface area contributed by atoms with E-state index in [9.17, 15) is 9.59 Å². The van der Waals surface area contributed by atoms with Crippen molar-refractivity contribution in [2.75, 3.05) is 12.9 Å². The van der Waals surface area contributed by atoms with E-state index >= 15 is 0 Å². The summed E-state index contributed by atoms with van der Waals surface area (Å²) >= 11 is 2.72. The molecule has 2 heterocycles. The molecule has 20 heavy (non-hydrogen) atoms. The van der Waals surface area contributed by atoms with Gasteiger partial charge in [0.15, 0.2) is 5.16 Å². The summed E-state index contributed by atoms with van der Waals surface area (Å²) in [5.74, 6) is -0.884. The van der Waals surface area contributed by atoms with Crippen molar-refractivity contribution in [3.8, 4) is 0 Å². The quantitative estimate of drug-likeness (QED) is 0.366. The highest BCUT2D eigenvalue weighted by Crippen LogP contribution is 2.18. The Bertz CT molecular complexity index is 627. The van der Waals surface area contributed by atoms with Crippen molar-refractivity contribution >= 4 is 34.9 Å². The van der Waals surface area contributed by atoms with Gasteiger partial charge in [0.05, 0.1) is 6.61 Å². The van der Waals surface area contributed by atoms with Crippen molar-refractivity contribution in [3.63, 3.8) is 0 Å². The first kappa shape index (κ1) is 14.7. The van der Waals surface area contributed by atoms with Gasteiger partial charge in [0.1, 0.15) is 11.3 Å². The number of esters is 1. The summed E-state index contributed by atoms with van der Waals surface area (Å²) < 4.78 is 4.93. The number of ether oxygens (including phenoxy) is 1. The van der Waals surface area contributed by atoms with Gasteiger partial charge in [-0.1, -0.05) is 11.8 Å². The van der Waals surface area contributed by atoms with Gasteiger partial charge in [-0.3, -0.25) is 4.79 Å². The average Bonchev–Trinajstić information content (AvgIpc) is 3.00. The third-order valence-corrected chi connectivity index (χ3v) is 3.69. The molecule has 2 aromatic rings. The summed E-state index contributed by atoms with van der Waals surface area (Å²) in [6.45, 7) is 1.94. The van der Waals surface area contributed by atoms with Crippen LogP contribution in [-0.4, -0.2) is 34.6 Å². The van der Waals surface area contributed by atoms with Gasteiger partial charge in [-0.2, -0.15) is 11.3 Å². The molecule has 5 nitrogen and oxygen atoms in total. The fourth-order valence-corrected chi connectivity index (χ4v) is 2.50. The molecule has 0 N–H and O–H groups in total. The first-order valence-corrected chi connectivity index (χ1v) is 7.99. The van der Waals surface area contributed by atoms with Gasteiger partial charge in [-0.15, -0.1) is 0 Å². The molecule has 0 fully saturated rings. The Labute approximate surface area is 124 Å². The van der Waals surface area contributed by atoms with E-state index in [1.807, 2.05) is 0 Å². The first-order chi connectivity index (χ1) is 9.67. The van der Waals surface area contributed by atoms with Crippen LogP contribution in [0.15, 0.2) is 28.2 Å². The number of ketones is 1. The van der Waals surface area contributed by atoms with Crippen LogP contribution in [-0.2, 0) is 4.74 Å². The van der Waals surface area contributed by atoms with Crippen LogP contribution in [0.2, 0.25) is 0 Å². The number of hydrogen-bond donors (Lipinski definition) is 0. The Hall–Kier alpha value is -1.73. The van der Waals surface area contributed by atoms with E-state index in [-0.39, 0.29) is 23.6 Å². The molecule has 0 spiro atoms. The third kappa shape index (κ3) is 3.05. The topological polar surface area (TPSA) is 69.2 Å². The number of carbonyl (C=O) groups is 2. The van der Waals surface area contributed by atoms with Gasteiger partial charge in [-0.25, -0.2) is 14.8 Å². The van der Waals surface area contributed by atoms with Crippen LogP contribution in [0.3, 0.4) is 0 Å². The molecule has 0 bridgehead atoms.